The highest BCUT2D eigenvalue weighted by molar-refractivity contribution is 7.89. The number of rotatable bonds is 4. The van der Waals surface area contributed by atoms with Gasteiger partial charge in [0.25, 0.3) is 10.0 Å². The minimum Gasteiger partial charge on any atom is -0.495 e. The fourth-order valence-corrected chi connectivity index (χ4v) is 3.29. The van der Waals surface area contributed by atoms with E-state index in [1.165, 1.54) is 26.4 Å². The molecule has 1 fully saturated rings. The summed E-state index contributed by atoms with van der Waals surface area (Å²) >= 11 is 0. The molecule has 1 aliphatic heterocycles. The van der Waals surface area contributed by atoms with Gasteiger partial charge in [-0.05, 0) is 12.5 Å². The van der Waals surface area contributed by atoms with Gasteiger partial charge in [0.1, 0.15) is 16.4 Å². The lowest BCUT2D eigenvalue weighted by Gasteiger charge is -2.17. The van der Waals surface area contributed by atoms with Gasteiger partial charge in [-0.1, -0.05) is 4.47 Å². The second kappa shape index (κ2) is 5.24. The third-order valence-corrected chi connectivity index (χ3v) is 4.48. The lowest BCUT2D eigenvalue weighted by Crippen LogP contribution is -2.27. The molecule has 0 bridgehead atoms. The van der Waals surface area contributed by atoms with Crippen molar-refractivity contribution in [1.29, 1.82) is 0 Å². The summed E-state index contributed by atoms with van der Waals surface area (Å²) in [6, 6.07) is 2.76. The molecular formula is C11H16N2O5S. The Bertz CT molecular complexity index is 567. The Morgan fingerprint density at radius 3 is 2.47 bits per heavy atom. The van der Waals surface area contributed by atoms with Crippen molar-refractivity contribution in [2.24, 2.45) is 0 Å². The van der Waals surface area contributed by atoms with Crippen LogP contribution in [0, 0.1) is 0 Å². The third-order valence-electron chi connectivity index (χ3n) is 2.78. The van der Waals surface area contributed by atoms with Crippen LogP contribution in [0.2, 0.25) is 0 Å². The molecule has 0 amide bonds. The molecular weight excluding hydrogens is 272 g/mol. The van der Waals surface area contributed by atoms with Crippen LogP contribution >= 0.6 is 0 Å². The fourth-order valence-electron chi connectivity index (χ4n) is 1.82. The molecule has 0 aromatic heterocycles. The van der Waals surface area contributed by atoms with Crippen molar-refractivity contribution in [3.05, 3.63) is 12.1 Å². The molecule has 1 aromatic rings. The molecule has 106 valence electrons. The number of nitrogen functional groups attached to an aromatic ring is 1. The van der Waals surface area contributed by atoms with Gasteiger partial charge in [-0.15, -0.1) is 0 Å². The third kappa shape index (κ3) is 2.46. The van der Waals surface area contributed by atoms with Crippen LogP contribution < -0.4 is 15.2 Å². The van der Waals surface area contributed by atoms with Crippen LogP contribution in [0.3, 0.4) is 0 Å². The number of nitrogens with zero attached hydrogens (tertiary/aromatic N) is 1. The summed E-state index contributed by atoms with van der Waals surface area (Å²) in [6.07, 6.45) is 0.660. The standard InChI is InChI=1S/C11H16N2O5S/c1-16-9-7-10(17-2)11(6-8(9)12)19(14,15)13-4-3-5-18-13/h6-7H,3-5,12H2,1-2H3. The molecule has 0 saturated carbocycles. The normalized spacial score (nSPS) is 16.5. The largest absolute Gasteiger partial charge is 0.495 e. The zero-order valence-corrected chi connectivity index (χ0v) is 11.6. The number of hydrogen-bond acceptors (Lipinski definition) is 6. The zero-order chi connectivity index (χ0) is 14.0. The molecule has 19 heavy (non-hydrogen) atoms. The van der Waals surface area contributed by atoms with Crippen LogP contribution in [0.5, 0.6) is 11.5 Å². The molecule has 2 rings (SSSR count). The molecule has 0 unspecified atom stereocenters. The van der Waals surface area contributed by atoms with Crippen LogP contribution in [-0.4, -0.2) is 40.3 Å². The number of nitrogens with two attached hydrogens (primary N) is 1. The van der Waals surface area contributed by atoms with E-state index >= 15 is 0 Å². The van der Waals surface area contributed by atoms with Crippen LogP contribution in [0.25, 0.3) is 0 Å². The Kier molecular flexibility index (Phi) is 3.83. The Hall–Kier alpha value is -1.51. The first-order valence-corrected chi connectivity index (χ1v) is 7.12. The zero-order valence-electron chi connectivity index (χ0n) is 10.8. The Morgan fingerprint density at radius 2 is 1.95 bits per heavy atom. The van der Waals surface area contributed by atoms with Crippen LogP contribution in [-0.2, 0) is 14.9 Å². The van der Waals surface area contributed by atoms with Gasteiger partial charge < -0.3 is 15.2 Å². The highest BCUT2D eigenvalue weighted by Crippen LogP contribution is 2.35. The molecule has 7 nitrogen and oxygen atoms in total. The van der Waals surface area contributed by atoms with Gasteiger partial charge in [0.15, 0.2) is 0 Å². The molecule has 1 aliphatic rings. The number of hydroxylamine groups is 1. The van der Waals surface area contributed by atoms with Crippen LogP contribution in [0.4, 0.5) is 5.69 Å². The molecule has 1 saturated heterocycles. The first-order valence-electron chi connectivity index (χ1n) is 5.68. The Balaban J connectivity index is 2.51. The summed E-state index contributed by atoms with van der Waals surface area (Å²) in [7, 11) is -0.947. The smallest absolute Gasteiger partial charge is 0.268 e. The van der Waals surface area contributed by atoms with Gasteiger partial charge in [0.2, 0.25) is 0 Å². The average molecular weight is 288 g/mol. The lowest BCUT2D eigenvalue weighted by atomic mass is 10.3. The molecule has 1 aromatic carbocycles. The molecule has 8 heteroatoms. The van der Waals surface area contributed by atoms with E-state index in [1.54, 1.807) is 0 Å². The summed E-state index contributed by atoms with van der Waals surface area (Å²) in [6.45, 7) is 0.699. The summed E-state index contributed by atoms with van der Waals surface area (Å²) in [5.41, 5.74) is 5.97. The second-order valence-electron chi connectivity index (χ2n) is 3.96. The maximum Gasteiger partial charge on any atom is 0.268 e. The quantitative estimate of drug-likeness (QED) is 0.816. The van der Waals surface area contributed by atoms with E-state index in [0.29, 0.717) is 25.3 Å². The maximum absolute atomic E-state index is 12.4. The molecule has 1 heterocycles. The van der Waals surface area contributed by atoms with E-state index in [-0.39, 0.29) is 16.3 Å². The molecule has 0 radical (unpaired) electrons. The van der Waals surface area contributed by atoms with Gasteiger partial charge in [-0.2, -0.15) is 0 Å². The van der Waals surface area contributed by atoms with Crippen molar-refractivity contribution in [3.63, 3.8) is 0 Å². The van der Waals surface area contributed by atoms with Crippen LogP contribution in [0.15, 0.2) is 17.0 Å². The van der Waals surface area contributed by atoms with Crippen molar-refractivity contribution in [2.45, 2.75) is 11.3 Å². The van der Waals surface area contributed by atoms with E-state index in [2.05, 4.69) is 0 Å². The summed E-state index contributed by atoms with van der Waals surface area (Å²) < 4.78 is 35.9. The van der Waals surface area contributed by atoms with Gasteiger partial charge in [0, 0.05) is 12.6 Å². The molecule has 0 aliphatic carbocycles. The highest BCUT2D eigenvalue weighted by Gasteiger charge is 2.32. The first-order chi connectivity index (χ1) is 9.00. The van der Waals surface area contributed by atoms with E-state index in [9.17, 15) is 8.42 Å². The summed E-state index contributed by atoms with van der Waals surface area (Å²) in [5, 5.41) is 0. The topological polar surface area (TPSA) is 91.1 Å². The molecule has 0 atom stereocenters. The van der Waals surface area contributed by atoms with Crippen molar-refractivity contribution >= 4 is 15.7 Å². The minimum atomic E-state index is -3.78. The Labute approximate surface area is 111 Å². The van der Waals surface area contributed by atoms with E-state index in [1.807, 2.05) is 0 Å². The number of sulfonamides is 1. The van der Waals surface area contributed by atoms with Crippen molar-refractivity contribution in [2.75, 3.05) is 33.1 Å². The van der Waals surface area contributed by atoms with Gasteiger partial charge in [0.05, 0.1) is 26.5 Å². The lowest BCUT2D eigenvalue weighted by molar-refractivity contribution is -0.0285. The number of ether oxygens (including phenoxy) is 2. The van der Waals surface area contributed by atoms with Gasteiger partial charge in [-0.25, -0.2) is 8.42 Å². The number of anilines is 1. The van der Waals surface area contributed by atoms with Gasteiger partial charge >= 0.3 is 0 Å². The first kappa shape index (κ1) is 13.9. The van der Waals surface area contributed by atoms with Crippen molar-refractivity contribution in [3.8, 4) is 11.5 Å². The SMILES string of the molecule is COc1cc(OC)c(S(=O)(=O)N2CCCO2)cc1N. The predicted octanol–water partition coefficient (Wildman–Crippen LogP) is 0.612. The summed E-state index contributed by atoms with van der Waals surface area (Å²) in [4.78, 5) is 5.05. The number of hydrogen-bond donors (Lipinski definition) is 1. The average Bonchev–Trinajstić information content (AvgIpc) is 2.93. The fraction of sp³-hybridized carbons (Fsp3) is 0.455. The monoisotopic (exact) mass is 288 g/mol. The second-order valence-corrected chi connectivity index (χ2v) is 5.76. The number of benzene rings is 1. The van der Waals surface area contributed by atoms with Gasteiger partial charge in [-0.3, -0.25) is 4.84 Å². The van der Waals surface area contributed by atoms with E-state index in [0.717, 1.165) is 4.47 Å². The van der Waals surface area contributed by atoms with Crippen molar-refractivity contribution < 1.29 is 22.7 Å². The Morgan fingerprint density at radius 1 is 1.26 bits per heavy atom. The minimum absolute atomic E-state index is 0.0322. The molecule has 2 N–H and O–H groups in total. The number of methoxy groups -OCH3 is 2. The molecule has 0 spiro atoms. The van der Waals surface area contributed by atoms with E-state index in [4.69, 9.17) is 20.0 Å². The van der Waals surface area contributed by atoms with E-state index < -0.39 is 10.0 Å². The van der Waals surface area contributed by atoms with Crippen LogP contribution in [0.1, 0.15) is 6.42 Å². The predicted molar refractivity (Wildman–Crippen MR) is 68.4 cm³/mol. The summed E-state index contributed by atoms with van der Waals surface area (Å²) in [5.74, 6) is 0.527. The van der Waals surface area contributed by atoms with Crippen molar-refractivity contribution in [1.82, 2.24) is 4.47 Å². The maximum atomic E-state index is 12.4. The highest BCUT2D eigenvalue weighted by atomic mass is 32.2.